The molecule has 1 aromatic carbocycles. The summed E-state index contributed by atoms with van der Waals surface area (Å²) in [6.07, 6.45) is 1.34. The van der Waals surface area contributed by atoms with Gasteiger partial charge in [-0.15, -0.1) is 0 Å². The van der Waals surface area contributed by atoms with Gasteiger partial charge in [-0.25, -0.2) is 14.6 Å². The standard InChI is InChI=1S/C9H10FN3O/c1-6-7(3-2-4-8(6)10)5-12-13-9(11)14/h2-5H,1H3,(H3,11,13,14). The predicted octanol–water partition coefficient (Wildman–Crippen LogP) is 1.14. The molecule has 0 saturated heterocycles. The van der Waals surface area contributed by atoms with Crippen molar-refractivity contribution in [3.05, 3.63) is 35.1 Å². The van der Waals surface area contributed by atoms with Crippen molar-refractivity contribution < 1.29 is 9.18 Å². The maximum Gasteiger partial charge on any atom is 0.332 e. The second-order valence-corrected chi connectivity index (χ2v) is 2.69. The number of urea groups is 1. The number of hydrazone groups is 1. The maximum atomic E-state index is 13.0. The number of carbonyl (C=O) groups is 1. The first-order valence-electron chi connectivity index (χ1n) is 3.95. The fourth-order valence-electron chi connectivity index (χ4n) is 0.929. The van der Waals surface area contributed by atoms with Crippen LogP contribution in [0, 0.1) is 12.7 Å². The van der Waals surface area contributed by atoms with Crippen molar-refractivity contribution in [2.75, 3.05) is 0 Å². The Bertz CT molecular complexity index is 376. The largest absolute Gasteiger partial charge is 0.350 e. The van der Waals surface area contributed by atoms with E-state index in [0.717, 1.165) is 0 Å². The molecule has 4 nitrogen and oxygen atoms in total. The van der Waals surface area contributed by atoms with Gasteiger partial charge in [0.15, 0.2) is 0 Å². The summed E-state index contributed by atoms with van der Waals surface area (Å²) in [7, 11) is 0. The van der Waals surface area contributed by atoms with Crippen LogP contribution in [0.25, 0.3) is 0 Å². The number of halogens is 1. The van der Waals surface area contributed by atoms with E-state index in [2.05, 4.69) is 5.10 Å². The van der Waals surface area contributed by atoms with Crippen LogP contribution in [0.5, 0.6) is 0 Å². The van der Waals surface area contributed by atoms with Gasteiger partial charge < -0.3 is 5.73 Å². The SMILES string of the molecule is Cc1c(F)cccc1C=NNC(N)=O. The van der Waals surface area contributed by atoms with E-state index in [-0.39, 0.29) is 5.82 Å². The van der Waals surface area contributed by atoms with Crippen molar-refractivity contribution in [1.82, 2.24) is 5.43 Å². The molecule has 1 rings (SSSR count). The van der Waals surface area contributed by atoms with Gasteiger partial charge in [-0.1, -0.05) is 12.1 Å². The lowest BCUT2D eigenvalue weighted by Crippen LogP contribution is -2.24. The third kappa shape index (κ3) is 2.55. The number of benzene rings is 1. The van der Waals surface area contributed by atoms with Crippen molar-refractivity contribution in [2.45, 2.75) is 6.92 Å². The van der Waals surface area contributed by atoms with Crippen LogP contribution in [-0.4, -0.2) is 12.2 Å². The van der Waals surface area contributed by atoms with E-state index in [9.17, 15) is 9.18 Å². The van der Waals surface area contributed by atoms with Crippen LogP contribution in [0.2, 0.25) is 0 Å². The number of hydrogen-bond acceptors (Lipinski definition) is 2. The Morgan fingerprint density at radius 2 is 2.36 bits per heavy atom. The smallest absolute Gasteiger partial charge is 0.332 e. The zero-order valence-corrected chi connectivity index (χ0v) is 7.62. The molecular formula is C9H10FN3O. The Balaban J connectivity index is 2.81. The van der Waals surface area contributed by atoms with Crippen LogP contribution in [0.15, 0.2) is 23.3 Å². The Labute approximate surface area is 80.6 Å². The monoisotopic (exact) mass is 195 g/mol. The quantitative estimate of drug-likeness (QED) is 0.539. The van der Waals surface area contributed by atoms with Gasteiger partial charge in [0, 0.05) is 5.56 Å². The Morgan fingerprint density at radius 3 is 3.00 bits per heavy atom. The number of rotatable bonds is 2. The summed E-state index contributed by atoms with van der Waals surface area (Å²) in [6, 6.07) is 3.85. The molecular weight excluding hydrogens is 185 g/mol. The van der Waals surface area contributed by atoms with E-state index < -0.39 is 6.03 Å². The highest BCUT2D eigenvalue weighted by atomic mass is 19.1. The van der Waals surface area contributed by atoms with Crippen LogP contribution in [0.1, 0.15) is 11.1 Å². The van der Waals surface area contributed by atoms with Crippen LogP contribution < -0.4 is 11.2 Å². The number of amides is 2. The highest BCUT2D eigenvalue weighted by Crippen LogP contribution is 2.09. The summed E-state index contributed by atoms with van der Waals surface area (Å²) in [5, 5.41) is 3.53. The van der Waals surface area contributed by atoms with Crippen LogP contribution in [-0.2, 0) is 0 Å². The summed E-state index contributed by atoms with van der Waals surface area (Å²) in [4.78, 5) is 10.3. The molecule has 5 heteroatoms. The molecule has 3 N–H and O–H groups in total. The average molecular weight is 195 g/mol. The molecule has 0 saturated carbocycles. The highest BCUT2D eigenvalue weighted by molar-refractivity contribution is 5.83. The topological polar surface area (TPSA) is 67.5 Å². The fraction of sp³-hybridized carbons (Fsp3) is 0.111. The van der Waals surface area contributed by atoms with E-state index in [1.54, 1.807) is 19.1 Å². The average Bonchev–Trinajstić information content (AvgIpc) is 2.12. The molecule has 0 radical (unpaired) electrons. The molecule has 0 aromatic heterocycles. The minimum Gasteiger partial charge on any atom is -0.350 e. The normalized spacial score (nSPS) is 10.4. The third-order valence-electron chi connectivity index (χ3n) is 1.69. The van der Waals surface area contributed by atoms with Gasteiger partial charge in [0.1, 0.15) is 5.82 Å². The van der Waals surface area contributed by atoms with E-state index >= 15 is 0 Å². The number of primary amides is 1. The number of carbonyl (C=O) groups excluding carboxylic acids is 1. The predicted molar refractivity (Wildman–Crippen MR) is 51.5 cm³/mol. The van der Waals surface area contributed by atoms with Gasteiger partial charge in [-0.2, -0.15) is 5.10 Å². The van der Waals surface area contributed by atoms with Gasteiger partial charge in [0.2, 0.25) is 0 Å². The van der Waals surface area contributed by atoms with Gasteiger partial charge in [0.05, 0.1) is 6.21 Å². The molecule has 0 aliphatic rings. The number of hydrogen-bond donors (Lipinski definition) is 2. The minimum absolute atomic E-state index is 0.312. The summed E-state index contributed by atoms with van der Waals surface area (Å²) >= 11 is 0. The molecule has 0 bridgehead atoms. The van der Waals surface area contributed by atoms with Gasteiger partial charge in [-0.05, 0) is 18.6 Å². The zero-order valence-electron chi connectivity index (χ0n) is 7.62. The molecule has 0 spiro atoms. The molecule has 1 aromatic rings. The molecule has 2 amide bonds. The molecule has 0 atom stereocenters. The molecule has 0 fully saturated rings. The van der Waals surface area contributed by atoms with E-state index in [4.69, 9.17) is 5.73 Å². The second kappa shape index (κ2) is 4.36. The van der Waals surface area contributed by atoms with E-state index in [0.29, 0.717) is 11.1 Å². The Kier molecular flexibility index (Phi) is 3.17. The molecule has 74 valence electrons. The van der Waals surface area contributed by atoms with Crippen molar-refractivity contribution in [1.29, 1.82) is 0 Å². The lowest BCUT2D eigenvalue weighted by atomic mass is 10.1. The van der Waals surface area contributed by atoms with Gasteiger partial charge in [-0.3, -0.25) is 0 Å². The molecule has 14 heavy (non-hydrogen) atoms. The molecule has 0 aliphatic carbocycles. The first-order chi connectivity index (χ1) is 6.61. The number of nitrogens with one attached hydrogen (secondary N) is 1. The van der Waals surface area contributed by atoms with Crippen molar-refractivity contribution in [3.63, 3.8) is 0 Å². The van der Waals surface area contributed by atoms with Crippen LogP contribution >= 0.6 is 0 Å². The van der Waals surface area contributed by atoms with E-state index in [1.165, 1.54) is 12.3 Å². The molecule has 0 heterocycles. The van der Waals surface area contributed by atoms with Crippen LogP contribution in [0.3, 0.4) is 0 Å². The summed E-state index contributed by atoms with van der Waals surface area (Å²) in [5.74, 6) is -0.312. The summed E-state index contributed by atoms with van der Waals surface area (Å²) in [5.41, 5.74) is 7.88. The Hall–Kier alpha value is -1.91. The summed E-state index contributed by atoms with van der Waals surface area (Å²) < 4.78 is 13.0. The van der Waals surface area contributed by atoms with Crippen molar-refractivity contribution >= 4 is 12.2 Å². The Morgan fingerprint density at radius 1 is 1.64 bits per heavy atom. The number of nitrogens with two attached hydrogens (primary N) is 1. The second-order valence-electron chi connectivity index (χ2n) is 2.69. The zero-order chi connectivity index (χ0) is 10.6. The highest BCUT2D eigenvalue weighted by Gasteiger charge is 1.99. The molecule has 0 unspecified atom stereocenters. The maximum absolute atomic E-state index is 13.0. The van der Waals surface area contributed by atoms with Gasteiger partial charge in [0.25, 0.3) is 0 Å². The lowest BCUT2D eigenvalue weighted by Gasteiger charge is -1.99. The minimum atomic E-state index is -0.754. The molecule has 0 aliphatic heterocycles. The van der Waals surface area contributed by atoms with Gasteiger partial charge >= 0.3 is 6.03 Å². The fourth-order valence-corrected chi connectivity index (χ4v) is 0.929. The summed E-state index contributed by atoms with van der Waals surface area (Å²) in [6.45, 7) is 1.63. The first-order valence-corrected chi connectivity index (χ1v) is 3.95. The van der Waals surface area contributed by atoms with Crippen molar-refractivity contribution in [2.24, 2.45) is 10.8 Å². The van der Waals surface area contributed by atoms with Crippen LogP contribution in [0.4, 0.5) is 9.18 Å². The first kappa shape index (κ1) is 10.2. The lowest BCUT2D eigenvalue weighted by molar-refractivity contribution is 0.249. The third-order valence-corrected chi connectivity index (χ3v) is 1.69. The van der Waals surface area contributed by atoms with Crippen molar-refractivity contribution in [3.8, 4) is 0 Å². The number of nitrogens with zero attached hydrogens (tertiary/aromatic N) is 1. The van der Waals surface area contributed by atoms with E-state index in [1.807, 2.05) is 5.43 Å².